The van der Waals surface area contributed by atoms with Gasteiger partial charge in [0.1, 0.15) is 5.75 Å². The van der Waals surface area contributed by atoms with E-state index in [1.54, 1.807) is 12.3 Å². The number of pyridine rings is 1. The number of unbranched alkanes of at least 4 members (excludes halogenated alkanes) is 1. The second-order valence-corrected chi connectivity index (χ2v) is 10.3. The van der Waals surface area contributed by atoms with Gasteiger partial charge in [-0.3, -0.25) is 4.78 Å². The standard InChI is InChI=1S/C25H25N3OS2/c26-30(17-9-10-18-31(29)23-15-7-8-16-27-23)24-19-22(20-11-3-1-4-12-20)25(28-24)21-13-5-2-6-14-21/h1-8,11-16,19,26,28H,9-10,17-18H2. The first-order valence-corrected chi connectivity index (χ1v) is 13.0. The van der Waals surface area contributed by atoms with E-state index in [0.29, 0.717) is 10.8 Å². The quantitative estimate of drug-likeness (QED) is 0.241. The van der Waals surface area contributed by atoms with Gasteiger partial charge in [-0.1, -0.05) is 77.4 Å². The van der Waals surface area contributed by atoms with Crippen LogP contribution in [0.15, 0.2) is 101 Å². The lowest BCUT2D eigenvalue weighted by Crippen LogP contribution is -2.09. The Morgan fingerprint density at radius 2 is 1.55 bits per heavy atom. The molecule has 2 unspecified atom stereocenters. The van der Waals surface area contributed by atoms with Gasteiger partial charge < -0.3 is 9.54 Å². The summed E-state index contributed by atoms with van der Waals surface area (Å²) in [6.45, 7) is 0. The molecule has 0 aliphatic heterocycles. The molecule has 31 heavy (non-hydrogen) atoms. The third-order valence-corrected chi connectivity index (χ3v) is 7.82. The topological polar surface area (TPSA) is 75.6 Å². The predicted molar refractivity (Wildman–Crippen MR) is 130 cm³/mol. The molecular formula is C25H25N3OS2. The smallest absolute Gasteiger partial charge is 0.244 e. The molecule has 158 valence electrons. The van der Waals surface area contributed by atoms with Crippen LogP contribution in [0.25, 0.3) is 22.4 Å². The van der Waals surface area contributed by atoms with Gasteiger partial charge in [0.15, 0.2) is 0 Å². The first-order chi connectivity index (χ1) is 15.2. The third-order valence-electron chi connectivity index (χ3n) is 5.00. The van der Waals surface area contributed by atoms with Crippen molar-refractivity contribution in [2.45, 2.75) is 22.9 Å². The van der Waals surface area contributed by atoms with Crippen molar-refractivity contribution in [3.05, 3.63) is 91.1 Å². The van der Waals surface area contributed by atoms with Gasteiger partial charge in [0, 0.05) is 34.8 Å². The van der Waals surface area contributed by atoms with Crippen LogP contribution in [-0.4, -0.2) is 26.0 Å². The molecule has 0 fully saturated rings. The van der Waals surface area contributed by atoms with Gasteiger partial charge in [-0.05, 0) is 36.1 Å². The molecule has 0 bridgehead atoms. The molecule has 2 N–H and O–H groups in total. The van der Waals surface area contributed by atoms with Crippen LogP contribution in [0, 0.1) is 4.78 Å². The highest BCUT2D eigenvalue weighted by Gasteiger charge is 2.15. The van der Waals surface area contributed by atoms with E-state index in [0.717, 1.165) is 46.0 Å². The van der Waals surface area contributed by atoms with Crippen molar-refractivity contribution in [3.8, 4) is 22.4 Å². The molecule has 0 saturated carbocycles. The van der Waals surface area contributed by atoms with E-state index in [1.165, 1.54) is 0 Å². The van der Waals surface area contributed by atoms with Crippen LogP contribution in [0.5, 0.6) is 0 Å². The lowest BCUT2D eigenvalue weighted by molar-refractivity contribution is 0.588. The summed E-state index contributed by atoms with van der Waals surface area (Å²) >= 11 is -1.07. The van der Waals surface area contributed by atoms with Crippen molar-refractivity contribution in [3.63, 3.8) is 0 Å². The highest BCUT2D eigenvalue weighted by molar-refractivity contribution is 7.91. The van der Waals surface area contributed by atoms with E-state index >= 15 is 0 Å². The zero-order valence-electron chi connectivity index (χ0n) is 17.2. The molecular weight excluding hydrogens is 422 g/mol. The summed E-state index contributed by atoms with van der Waals surface area (Å²) in [6.07, 6.45) is 3.36. The molecule has 2 atom stereocenters. The molecule has 6 heteroatoms. The van der Waals surface area contributed by atoms with Gasteiger partial charge >= 0.3 is 0 Å². The normalized spacial score (nSPS) is 13.1. The minimum atomic E-state index is -1.07. The number of benzene rings is 2. The number of hydrogen-bond donors (Lipinski definition) is 2. The average Bonchev–Trinajstić information content (AvgIpc) is 3.29. The summed E-state index contributed by atoms with van der Waals surface area (Å²) in [4.78, 5) is 7.70. The average molecular weight is 448 g/mol. The lowest BCUT2D eigenvalue weighted by atomic mass is 10.0. The van der Waals surface area contributed by atoms with E-state index < -0.39 is 21.9 Å². The Labute approximate surface area is 188 Å². The van der Waals surface area contributed by atoms with Crippen LogP contribution in [0.4, 0.5) is 0 Å². The molecule has 4 rings (SSSR count). The first-order valence-electron chi connectivity index (χ1n) is 10.3. The minimum Gasteiger partial charge on any atom is -0.610 e. The summed E-state index contributed by atoms with van der Waals surface area (Å²) in [5.41, 5.74) is 4.45. The maximum atomic E-state index is 12.3. The number of aromatic nitrogens is 2. The van der Waals surface area contributed by atoms with E-state index in [-0.39, 0.29) is 0 Å². The van der Waals surface area contributed by atoms with E-state index in [9.17, 15) is 4.55 Å². The minimum absolute atomic E-state index is 0.587. The number of H-pyrrole nitrogens is 1. The largest absolute Gasteiger partial charge is 0.610 e. The Balaban J connectivity index is 1.44. The van der Waals surface area contributed by atoms with E-state index in [2.05, 4.69) is 40.3 Å². The molecule has 2 heterocycles. The summed E-state index contributed by atoms with van der Waals surface area (Å²) < 4.78 is 21.0. The highest BCUT2D eigenvalue weighted by atomic mass is 32.2. The van der Waals surface area contributed by atoms with Gasteiger partial charge in [0.05, 0.1) is 10.7 Å². The van der Waals surface area contributed by atoms with Crippen molar-refractivity contribution in [2.24, 2.45) is 0 Å². The number of rotatable bonds is 9. The fraction of sp³-hybridized carbons (Fsp3) is 0.160. The second kappa shape index (κ2) is 10.6. The second-order valence-electron chi connectivity index (χ2n) is 7.17. The summed E-state index contributed by atoms with van der Waals surface area (Å²) in [5.74, 6) is 1.34. The van der Waals surface area contributed by atoms with Gasteiger partial charge in [-0.2, -0.15) is 0 Å². The molecule has 4 nitrogen and oxygen atoms in total. The Bertz CT molecular complexity index is 1060. The van der Waals surface area contributed by atoms with Crippen molar-refractivity contribution in [1.29, 1.82) is 4.78 Å². The van der Waals surface area contributed by atoms with Crippen molar-refractivity contribution in [2.75, 3.05) is 11.5 Å². The highest BCUT2D eigenvalue weighted by Crippen LogP contribution is 2.33. The fourth-order valence-electron chi connectivity index (χ4n) is 3.42. The predicted octanol–water partition coefficient (Wildman–Crippen LogP) is 6.07. The number of hydrogen-bond acceptors (Lipinski definition) is 3. The van der Waals surface area contributed by atoms with Crippen molar-refractivity contribution < 1.29 is 4.55 Å². The fourth-order valence-corrected chi connectivity index (χ4v) is 5.70. The van der Waals surface area contributed by atoms with Crippen LogP contribution in [0.3, 0.4) is 0 Å². The van der Waals surface area contributed by atoms with Crippen LogP contribution in [0.1, 0.15) is 12.8 Å². The first kappa shape index (κ1) is 21.6. The zero-order chi connectivity index (χ0) is 21.5. The molecule has 0 spiro atoms. The van der Waals surface area contributed by atoms with Crippen molar-refractivity contribution >= 4 is 21.9 Å². The number of aromatic amines is 1. The zero-order valence-corrected chi connectivity index (χ0v) is 18.8. The van der Waals surface area contributed by atoms with Gasteiger partial charge in [0.25, 0.3) is 0 Å². The molecule has 0 radical (unpaired) electrons. The van der Waals surface area contributed by atoms with Crippen LogP contribution in [0.2, 0.25) is 0 Å². The van der Waals surface area contributed by atoms with Gasteiger partial charge in [-0.25, -0.2) is 4.98 Å². The van der Waals surface area contributed by atoms with Crippen molar-refractivity contribution in [1.82, 2.24) is 9.97 Å². The number of nitrogens with zero attached hydrogens (tertiary/aromatic N) is 1. The van der Waals surface area contributed by atoms with E-state index in [4.69, 9.17) is 4.78 Å². The Hall–Kier alpha value is -2.67. The Kier molecular flexibility index (Phi) is 7.35. The number of nitrogens with one attached hydrogen (secondary N) is 2. The Morgan fingerprint density at radius 1 is 0.871 bits per heavy atom. The molecule has 2 aromatic heterocycles. The molecule has 0 aliphatic carbocycles. The molecule has 0 aliphatic rings. The molecule has 0 saturated heterocycles. The van der Waals surface area contributed by atoms with Crippen LogP contribution >= 0.6 is 0 Å². The maximum absolute atomic E-state index is 12.3. The Morgan fingerprint density at radius 3 is 2.23 bits per heavy atom. The molecule has 0 amide bonds. The van der Waals surface area contributed by atoms with Crippen LogP contribution < -0.4 is 0 Å². The summed E-state index contributed by atoms with van der Waals surface area (Å²) in [5, 5.41) is 1.58. The van der Waals surface area contributed by atoms with Gasteiger partial charge in [-0.15, -0.1) is 0 Å². The lowest BCUT2D eigenvalue weighted by Gasteiger charge is -2.09. The van der Waals surface area contributed by atoms with E-state index in [1.807, 2.05) is 48.5 Å². The molecule has 4 aromatic rings. The van der Waals surface area contributed by atoms with Crippen LogP contribution in [-0.2, 0) is 21.9 Å². The maximum Gasteiger partial charge on any atom is 0.244 e. The van der Waals surface area contributed by atoms with Gasteiger partial charge in [0.2, 0.25) is 5.03 Å². The monoisotopic (exact) mass is 447 g/mol. The summed E-state index contributed by atoms with van der Waals surface area (Å²) in [6, 6.07) is 28.2. The SMILES string of the molecule is N=S(CCCC[S+]([O-])c1ccccn1)c1cc(-c2ccccc2)c(-c2ccccc2)[nH]1. The molecule has 2 aromatic carbocycles. The third kappa shape index (κ3) is 5.53. The summed E-state index contributed by atoms with van der Waals surface area (Å²) in [7, 11) is -0.650.